The first-order valence-corrected chi connectivity index (χ1v) is 21.7. The topological polar surface area (TPSA) is 78.9 Å². The SMILES string of the molecule is CCCCCCCCCC(=O)OC[C@@H](COC(=O)CCCCCCCCCCCCCCCC(C)C)OC(=O)CCCCCCCCC(C)C. The van der Waals surface area contributed by atoms with Crippen LogP contribution in [-0.4, -0.2) is 37.2 Å². The summed E-state index contributed by atoms with van der Waals surface area (Å²) in [6.45, 7) is 11.2. The summed E-state index contributed by atoms with van der Waals surface area (Å²) in [6, 6.07) is 0. The van der Waals surface area contributed by atoms with Gasteiger partial charge in [0.15, 0.2) is 6.10 Å². The van der Waals surface area contributed by atoms with Crippen molar-refractivity contribution in [3.8, 4) is 0 Å². The molecule has 0 aliphatic rings. The Bertz CT molecular complexity index is 764. The maximum atomic E-state index is 12.6. The van der Waals surface area contributed by atoms with Crippen molar-refractivity contribution in [1.82, 2.24) is 0 Å². The highest BCUT2D eigenvalue weighted by molar-refractivity contribution is 5.71. The van der Waals surface area contributed by atoms with Gasteiger partial charge in [-0.05, 0) is 31.1 Å². The number of rotatable bonds is 38. The lowest BCUT2D eigenvalue weighted by Crippen LogP contribution is -2.30. The molecule has 0 saturated heterocycles. The molecular formula is C44H84O6. The van der Waals surface area contributed by atoms with E-state index in [-0.39, 0.29) is 31.1 Å². The lowest BCUT2D eigenvalue weighted by atomic mass is 10.0. The van der Waals surface area contributed by atoms with Gasteiger partial charge >= 0.3 is 17.9 Å². The minimum absolute atomic E-state index is 0.0664. The molecule has 0 fully saturated rings. The van der Waals surface area contributed by atoms with Crippen LogP contribution in [0.5, 0.6) is 0 Å². The van der Waals surface area contributed by atoms with E-state index >= 15 is 0 Å². The fourth-order valence-electron chi connectivity index (χ4n) is 6.40. The van der Waals surface area contributed by atoms with Crippen LogP contribution in [0.1, 0.15) is 234 Å². The van der Waals surface area contributed by atoms with E-state index in [1.807, 2.05) is 0 Å². The van der Waals surface area contributed by atoms with Crippen LogP contribution in [0, 0.1) is 11.8 Å². The number of ether oxygens (including phenoxy) is 3. The molecule has 0 N–H and O–H groups in total. The minimum Gasteiger partial charge on any atom is -0.462 e. The van der Waals surface area contributed by atoms with Gasteiger partial charge in [0.05, 0.1) is 0 Å². The Morgan fingerprint density at radius 2 is 0.660 bits per heavy atom. The summed E-state index contributed by atoms with van der Waals surface area (Å²) < 4.78 is 16.6. The normalized spacial score (nSPS) is 12.1. The second kappa shape index (κ2) is 37.2. The summed E-state index contributed by atoms with van der Waals surface area (Å²) in [5.41, 5.74) is 0. The monoisotopic (exact) mass is 709 g/mol. The van der Waals surface area contributed by atoms with Gasteiger partial charge in [-0.2, -0.15) is 0 Å². The zero-order valence-corrected chi connectivity index (χ0v) is 34.0. The lowest BCUT2D eigenvalue weighted by molar-refractivity contribution is -0.167. The van der Waals surface area contributed by atoms with Gasteiger partial charge in [-0.1, -0.05) is 195 Å². The number of carbonyl (C=O) groups is 3. The molecule has 0 aromatic carbocycles. The molecule has 0 saturated carbocycles. The summed E-state index contributed by atoms with van der Waals surface area (Å²) in [5, 5.41) is 0. The van der Waals surface area contributed by atoms with E-state index in [0.717, 1.165) is 69.6 Å². The van der Waals surface area contributed by atoms with E-state index in [1.165, 1.54) is 122 Å². The third-order valence-corrected chi connectivity index (χ3v) is 9.72. The molecule has 0 spiro atoms. The summed E-state index contributed by atoms with van der Waals surface area (Å²) >= 11 is 0. The molecular weight excluding hydrogens is 624 g/mol. The Morgan fingerprint density at radius 1 is 0.380 bits per heavy atom. The van der Waals surface area contributed by atoms with Gasteiger partial charge in [0.2, 0.25) is 0 Å². The molecule has 1 atom stereocenters. The molecule has 0 bridgehead atoms. The summed E-state index contributed by atoms with van der Waals surface area (Å²) in [7, 11) is 0. The maximum Gasteiger partial charge on any atom is 0.306 e. The smallest absolute Gasteiger partial charge is 0.306 e. The number of unbranched alkanes of at least 4 members (excludes halogenated alkanes) is 23. The van der Waals surface area contributed by atoms with Gasteiger partial charge in [-0.3, -0.25) is 14.4 Å². The molecule has 0 rings (SSSR count). The number of esters is 3. The van der Waals surface area contributed by atoms with Crippen molar-refractivity contribution in [1.29, 1.82) is 0 Å². The molecule has 0 aromatic rings. The van der Waals surface area contributed by atoms with Gasteiger partial charge < -0.3 is 14.2 Å². The highest BCUT2D eigenvalue weighted by atomic mass is 16.6. The van der Waals surface area contributed by atoms with Crippen molar-refractivity contribution in [2.75, 3.05) is 13.2 Å². The predicted octanol–water partition coefficient (Wildman–Crippen LogP) is 13.4. The van der Waals surface area contributed by atoms with Gasteiger partial charge in [0.1, 0.15) is 13.2 Å². The molecule has 0 aromatic heterocycles. The lowest BCUT2D eigenvalue weighted by Gasteiger charge is -2.18. The average molecular weight is 709 g/mol. The Kier molecular flexibility index (Phi) is 36.0. The van der Waals surface area contributed by atoms with E-state index in [0.29, 0.717) is 19.3 Å². The van der Waals surface area contributed by atoms with Crippen molar-refractivity contribution in [2.24, 2.45) is 11.8 Å². The molecule has 0 aliphatic heterocycles. The minimum atomic E-state index is -0.759. The first-order chi connectivity index (χ1) is 24.2. The fraction of sp³-hybridized carbons (Fsp3) is 0.932. The van der Waals surface area contributed by atoms with Crippen molar-refractivity contribution in [3.05, 3.63) is 0 Å². The van der Waals surface area contributed by atoms with E-state index < -0.39 is 6.10 Å². The Hall–Kier alpha value is -1.59. The van der Waals surface area contributed by atoms with Gasteiger partial charge in [-0.15, -0.1) is 0 Å². The third-order valence-electron chi connectivity index (χ3n) is 9.72. The van der Waals surface area contributed by atoms with E-state index in [9.17, 15) is 14.4 Å². The molecule has 0 heterocycles. The molecule has 6 heteroatoms. The standard InChI is InChI=1S/C44H84O6/c1-6-7-8-9-17-24-29-34-42(45)48-37-41(50-44(47)36-31-26-21-20-23-28-33-40(4)5)38-49-43(46)35-30-25-19-16-14-12-10-11-13-15-18-22-27-32-39(2)3/h39-41H,6-38H2,1-5H3/t41-/m0/s1. The molecule has 0 amide bonds. The Labute approximate surface area is 310 Å². The van der Waals surface area contributed by atoms with Gasteiger partial charge in [-0.25, -0.2) is 0 Å². The molecule has 296 valence electrons. The van der Waals surface area contributed by atoms with Crippen LogP contribution in [-0.2, 0) is 28.6 Å². The van der Waals surface area contributed by atoms with Gasteiger partial charge in [0, 0.05) is 19.3 Å². The molecule has 6 nitrogen and oxygen atoms in total. The molecule has 50 heavy (non-hydrogen) atoms. The van der Waals surface area contributed by atoms with Crippen molar-refractivity contribution in [3.63, 3.8) is 0 Å². The average Bonchev–Trinajstić information content (AvgIpc) is 3.08. The largest absolute Gasteiger partial charge is 0.462 e. The Balaban J connectivity index is 4.22. The van der Waals surface area contributed by atoms with E-state index in [2.05, 4.69) is 34.6 Å². The van der Waals surface area contributed by atoms with Crippen LogP contribution < -0.4 is 0 Å². The third kappa shape index (κ3) is 37.7. The van der Waals surface area contributed by atoms with Crippen LogP contribution in [0.3, 0.4) is 0 Å². The zero-order chi connectivity index (χ0) is 36.9. The summed E-state index contributed by atoms with van der Waals surface area (Å²) in [6.07, 6.45) is 34.0. The summed E-state index contributed by atoms with van der Waals surface area (Å²) in [5.74, 6) is 0.728. The van der Waals surface area contributed by atoms with Crippen LogP contribution in [0.15, 0.2) is 0 Å². The maximum absolute atomic E-state index is 12.6. The predicted molar refractivity (Wildman–Crippen MR) is 210 cm³/mol. The van der Waals surface area contributed by atoms with Crippen LogP contribution in [0.25, 0.3) is 0 Å². The quantitative estimate of drug-likeness (QED) is 0.0361. The number of hydrogen-bond acceptors (Lipinski definition) is 6. The molecule has 0 unspecified atom stereocenters. The van der Waals surface area contributed by atoms with Crippen molar-refractivity contribution >= 4 is 17.9 Å². The Morgan fingerprint density at radius 3 is 0.980 bits per heavy atom. The zero-order valence-electron chi connectivity index (χ0n) is 34.0. The fourth-order valence-corrected chi connectivity index (χ4v) is 6.40. The molecule has 0 aliphatic carbocycles. The molecule has 0 radical (unpaired) electrons. The second-order valence-corrected chi connectivity index (χ2v) is 15.9. The first-order valence-electron chi connectivity index (χ1n) is 21.7. The van der Waals surface area contributed by atoms with E-state index in [4.69, 9.17) is 14.2 Å². The first kappa shape index (κ1) is 48.4. The summed E-state index contributed by atoms with van der Waals surface area (Å²) in [4.78, 5) is 37.4. The van der Waals surface area contributed by atoms with E-state index in [1.54, 1.807) is 0 Å². The number of hydrogen-bond donors (Lipinski definition) is 0. The van der Waals surface area contributed by atoms with Crippen LogP contribution in [0.2, 0.25) is 0 Å². The number of carbonyl (C=O) groups excluding carboxylic acids is 3. The van der Waals surface area contributed by atoms with Gasteiger partial charge in [0.25, 0.3) is 0 Å². The highest BCUT2D eigenvalue weighted by Gasteiger charge is 2.19. The van der Waals surface area contributed by atoms with Crippen molar-refractivity contribution in [2.45, 2.75) is 240 Å². The van der Waals surface area contributed by atoms with Crippen molar-refractivity contribution < 1.29 is 28.6 Å². The highest BCUT2D eigenvalue weighted by Crippen LogP contribution is 2.16. The van der Waals surface area contributed by atoms with Crippen LogP contribution in [0.4, 0.5) is 0 Å². The second-order valence-electron chi connectivity index (χ2n) is 15.9. The van der Waals surface area contributed by atoms with Crippen LogP contribution >= 0.6 is 0 Å².